The molecule has 1 heterocycles. The van der Waals surface area contributed by atoms with Crippen LogP contribution in [0.25, 0.3) is 0 Å². The Balaban J connectivity index is 1.26. The van der Waals surface area contributed by atoms with Crippen LogP contribution in [0, 0.1) is 17.6 Å². The van der Waals surface area contributed by atoms with Gasteiger partial charge in [-0.05, 0) is 86.7 Å². The van der Waals surface area contributed by atoms with Crippen LogP contribution in [0.1, 0.15) is 41.1 Å². The predicted molar refractivity (Wildman–Crippen MR) is 131 cm³/mol. The van der Waals surface area contributed by atoms with Crippen molar-refractivity contribution in [2.24, 2.45) is 5.92 Å². The van der Waals surface area contributed by atoms with E-state index in [1.54, 1.807) is 4.90 Å². The SMILES string of the molecule is CN1CCN(C(=O)[C@H](CNCCCC2C[C@H]2c2ccc(F)cc2)NC(=O)c2ccc(F)cc2)CC1. The van der Waals surface area contributed by atoms with Gasteiger partial charge in [-0.15, -0.1) is 0 Å². The van der Waals surface area contributed by atoms with Gasteiger partial charge in [-0.1, -0.05) is 12.1 Å². The van der Waals surface area contributed by atoms with E-state index in [9.17, 15) is 18.4 Å². The van der Waals surface area contributed by atoms with Gasteiger partial charge in [-0.2, -0.15) is 0 Å². The van der Waals surface area contributed by atoms with Crippen LogP contribution in [-0.4, -0.2) is 74.0 Å². The number of halogens is 2. The summed E-state index contributed by atoms with van der Waals surface area (Å²) in [5, 5.41) is 6.19. The number of piperazine rings is 1. The van der Waals surface area contributed by atoms with Crippen molar-refractivity contribution < 1.29 is 18.4 Å². The molecule has 3 atom stereocenters. The third-order valence-corrected chi connectivity index (χ3v) is 7.02. The number of carbonyl (C=O) groups is 2. The molecule has 1 saturated heterocycles. The van der Waals surface area contributed by atoms with Crippen LogP contribution in [0.2, 0.25) is 0 Å². The van der Waals surface area contributed by atoms with Crippen LogP contribution >= 0.6 is 0 Å². The largest absolute Gasteiger partial charge is 0.339 e. The number of rotatable bonds is 10. The zero-order valence-electron chi connectivity index (χ0n) is 20.2. The molecule has 8 heteroatoms. The lowest BCUT2D eigenvalue weighted by Gasteiger charge is -2.34. The van der Waals surface area contributed by atoms with E-state index in [1.807, 2.05) is 19.2 Å². The number of carbonyl (C=O) groups excluding carboxylic acids is 2. The van der Waals surface area contributed by atoms with Crippen LogP contribution in [0.4, 0.5) is 8.78 Å². The first kappa shape index (κ1) is 25.3. The van der Waals surface area contributed by atoms with Gasteiger partial charge >= 0.3 is 0 Å². The molecule has 2 amide bonds. The van der Waals surface area contributed by atoms with Gasteiger partial charge in [0, 0.05) is 38.3 Å². The predicted octanol–water partition coefficient (Wildman–Crippen LogP) is 3.01. The van der Waals surface area contributed by atoms with E-state index >= 15 is 0 Å². The van der Waals surface area contributed by atoms with E-state index in [1.165, 1.54) is 42.0 Å². The molecule has 1 saturated carbocycles. The quantitative estimate of drug-likeness (QED) is 0.509. The van der Waals surface area contributed by atoms with Crippen LogP contribution in [0.5, 0.6) is 0 Å². The average Bonchev–Trinajstić information content (AvgIpc) is 3.63. The Kier molecular flexibility index (Phi) is 8.46. The first-order chi connectivity index (χ1) is 16.9. The fourth-order valence-corrected chi connectivity index (χ4v) is 4.71. The molecule has 2 N–H and O–H groups in total. The Morgan fingerprint density at radius 1 is 0.971 bits per heavy atom. The Bertz CT molecular complexity index is 991. The Labute approximate surface area is 205 Å². The van der Waals surface area contributed by atoms with Crippen molar-refractivity contribution in [1.29, 1.82) is 0 Å². The van der Waals surface area contributed by atoms with Gasteiger partial charge in [0.15, 0.2) is 0 Å². The number of nitrogens with one attached hydrogen (secondary N) is 2. The Morgan fingerprint density at radius 2 is 1.60 bits per heavy atom. The molecule has 1 unspecified atom stereocenters. The maximum absolute atomic E-state index is 13.2. The normalized spacial score (nSPS) is 20.9. The second-order valence-electron chi connectivity index (χ2n) is 9.66. The van der Waals surface area contributed by atoms with E-state index in [-0.39, 0.29) is 17.6 Å². The number of hydrogen-bond donors (Lipinski definition) is 2. The van der Waals surface area contributed by atoms with Crippen molar-refractivity contribution in [1.82, 2.24) is 20.4 Å². The number of likely N-dealkylation sites (N-methyl/N-ethyl adjacent to an activating group) is 1. The maximum atomic E-state index is 13.2. The molecule has 2 fully saturated rings. The summed E-state index contributed by atoms with van der Waals surface area (Å²) in [6, 6.07) is 11.4. The van der Waals surface area contributed by atoms with E-state index in [4.69, 9.17) is 0 Å². The van der Waals surface area contributed by atoms with Crippen LogP contribution < -0.4 is 10.6 Å². The highest BCUT2D eigenvalue weighted by Crippen LogP contribution is 2.49. The number of hydrogen-bond acceptors (Lipinski definition) is 4. The molecule has 0 bridgehead atoms. The average molecular weight is 485 g/mol. The highest BCUT2D eigenvalue weighted by Gasteiger charge is 2.37. The molecule has 0 aromatic heterocycles. The molecule has 6 nitrogen and oxygen atoms in total. The summed E-state index contributed by atoms with van der Waals surface area (Å²) >= 11 is 0. The van der Waals surface area contributed by atoms with Crippen molar-refractivity contribution in [3.63, 3.8) is 0 Å². The zero-order valence-corrected chi connectivity index (χ0v) is 20.2. The van der Waals surface area contributed by atoms with Crippen LogP contribution in [0.15, 0.2) is 48.5 Å². The van der Waals surface area contributed by atoms with Crippen molar-refractivity contribution >= 4 is 11.8 Å². The third kappa shape index (κ3) is 7.08. The minimum absolute atomic E-state index is 0.0976. The maximum Gasteiger partial charge on any atom is 0.251 e. The topological polar surface area (TPSA) is 64.7 Å². The van der Waals surface area contributed by atoms with Gasteiger partial charge in [0.1, 0.15) is 17.7 Å². The summed E-state index contributed by atoms with van der Waals surface area (Å²) < 4.78 is 26.4. The standard InChI is InChI=1S/C27H34F2N4O2/c1-32-13-15-33(16-14-32)27(35)25(31-26(34)20-6-10-23(29)11-7-20)18-30-12-2-3-21-17-24(21)19-4-8-22(28)9-5-19/h4-11,21,24-25,30H,2-3,12-18H2,1H3,(H,31,34)/t21?,24-,25-/m0/s1. The summed E-state index contributed by atoms with van der Waals surface area (Å²) in [5.74, 6) is 0.0207. The van der Waals surface area contributed by atoms with Crippen molar-refractivity contribution in [3.8, 4) is 0 Å². The molecule has 0 radical (unpaired) electrons. The summed E-state index contributed by atoms with van der Waals surface area (Å²) in [7, 11) is 2.03. The Morgan fingerprint density at radius 3 is 2.26 bits per heavy atom. The molecular formula is C27H34F2N4O2. The molecule has 1 aliphatic carbocycles. The summed E-state index contributed by atoms with van der Waals surface area (Å²) in [4.78, 5) is 29.9. The van der Waals surface area contributed by atoms with Crippen LogP contribution in [-0.2, 0) is 4.79 Å². The molecule has 188 valence electrons. The second kappa shape index (κ2) is 11.7. The van der Waals surface area contributed by atoms with E-state index in [0.29, 0.717) is 37.0 Å². The smallest absolute Gasteiger partial charge is 0.251 e. The minimum atomic E-state index is -0.691. The fraction of sp³-hybridized carbons (Fsp3) is 0.481. The lowest BCUT2D eigenvalue weighted by Crippen LogP contribution is -2.57. The number of benzene rings is 2. The van der Waals surface area contributed by atoms with E-state index < -0.39 is 11.9 Å². The molecule has 0 spiro atoms. The summed E-state index contributed by atoms with van der Waals surface area (Å²) in [5.41, 5.74) is 1.52. The summed E-state index contributed by atoms with van der Waals surface area (Å²) in [6.45, 7) is 3.94. The van der Waals surface area contributed by atoms with Crippen LogP contribution in [0.3, 0.4) is 0 Å². The highest BCUT2D eigenvalue weighted by atomic mass is 19.1. The summed E-state index contributed by atoms with van der Waals surface area (Å²) in [6.07, 6.45) is 3.15. The fourth-order valence-electron chi connectivity index (χ4n) is 4.71. The van der Waals surface area contributed by atoms with Gasteiger partial charge < -0.3 is 20.4 Å². The minimum Gasteiger partial charge on any atom is -0.339 e. The van der Waals surface area contributed by atoms with Gasteiger partial charge in [0.2, 0.25) is 5.91 Å². The van der Waals surface area contributed by atoms with Gasteiger partial charge in [0.25, 0.3) is 5.91 Å². The molecule has 1 aliphatic heterocycles. The first-order valence-corrected chi connectivity index (χ1v) is 12.4. The second-order valence-corrected chi connectivity index (χ2v) is 9.66. The first-order valence-electron chi connectivity index (χ1n) is 12.4. The van der Waals surface area contributed by atoms with Gasteiger partial charge in [0.05, 0.1) is 0 Å². The zero-order chi connectivity index (χ0) is 24.8. The molecular weight excluding hydrogens is 450 g/mol. The van der Waals surface area contributed by atoms with Crippen molar-refractivity contribution in [2.45, 2.75) is 31.2 Å². The third-order valence-electron chi connectivity index (χ3n) is 7.02. The Hall–Kier alpha value is -2.84. The van der Waals surface area contributed by atoms with Crippen molar-refractivity contribution in [3.05, 3.63) is 71.3 Å². The molecule has 35 heavy (non-hydrogen) atoms. The van der Waals surface area contributed by atoms with Gasteiger partial charge in [-0.25, -0.2) is 8.78 Å². The van der Waals surface area contributed by atoms with E-state index in [2.05, 4.69) is 15.5 Å². The molecule has 2 aromatic carbocycles. The number of amides is 2. The lowest BCUT2D eigenvalue weighted by atomic mass is 10.1. The highest BCUT2D eigenvalue weighted by molar-refractivity contribution is 5.97. The van der Waals surface area contributed by atoms with Gasteiger partial charge in [-0.3, -0.25) is 9.59 Å². The van der Waals surface area contributed by atoms with Crippen molar-refractivity contribution in [2.75, 3.05) is 46.3 Å². The number of nitrogens with zero attached hydrogens (tertiary/aromatic N) is 2. The molecule has 4 rings (SSSR count). The van der Waals surface area contributed by atoms with E-state index in [0.717, 1.165) is 38.9 Å². The molecule has 2 aliphatic rings. The lowest BCUT2D eigenvalue weighted by molar-refractivity contribution is -0.134. The monoisotopic (exact) mass is 484 g/mol. The molecule has 2 aromatic rings.